The van der Waals surface area contributed by atoms with Crippen LogP contribution < -0.4 is 5.32 Å². The smallest absolute Gasteiger partial charge is 0.151 e. The molecule has 2 rings (SSSR count). The van der Waals surface area contributed by atoms with Crippen LogP contribution in [0.25, 0.3) is 0 Å². The third-order valence-electron chi connectivity index (χ3n) is 2.74. The van der Waals surface area contributed by atoms with Crippen LogP contribution in [0.5, 0.6) is 0 Å². The lowest BCUT2D eigenvalue weighted by atomic mass is 10.2. The Morgan fingerprint density at radius 1 is 1.41 bits per heavy atom. The van der Waals surface area contributed by atoms with Crippen LogP contribution in [0, 0.1) is 9.49 Å². The lowest BCUT2D eigenvalue weighted by molar-refractivity contribution is 0.601. The molecular formula is C12H16INO2S. The molecule has 0 spiro atoms. The summed E-state index contributed by atoms with van der Waals surface area (Å²) in [5.74, 6) is 0.952. The van der Waals surface area contributed by atoms with Crippen LogP contribution in [0.4, 0.5) is 5.69 Å². The molecule has 1 saturated carbocycles. The highest BCUT2D eigenvalue weighted by Crippen LogP contribution is 2.30. The molecule has 0 heterocycles. The highest BCUT2D eigenvalue weighted by atomic mass is 127. The average Bonchev–Trinajstić information content (AvgIpc) is 2.97. The zero-order valence-corrected chi connectivity index (χ0v) is 12.7. The number of halogens is 1. The Morgan fingerprint density at radius 2 is 2.12 bits per heavy atom. The fourth-order valence-corrected chi connectivity index (χ4v) is 3.23. The molecule has 3 nitrogen and oxygen atoms in total. The topological polar surface area (TPSA) is 46.2 Å². The van der Waals surface area contributed by atoms with Crippen LogP contribution in [0.1, 0.15) is 18.4 Å². The van der Waals surface area contributed by atoms with Crippen LogP contribution in [0.3, 0.4) is 0 Å². The van der Waals surface area contributed by atoms with Gasteiger partial charge in [0.2, 0.25) is 0 Å². The summed E-state index contributed by atoms with van der Waals surface area (Å²) in [6, 6.07) is 5.81. The molecule has 1 aromatic carbocycles. The van der Waals surface area contributed by atoms with Crippen LogP contribution >= 0.6 is 22.6 Å². The van der Waals surface area contributed by atoms with Crippen molar-refractivity contribution in [2.24, 2.45) is 5.92 Å². The molecule has 1 aliphatic carbocycles. The molecule has 0 radical (unpaired) electrons. The second-order valence-corrected chi connectivity index (χ2v) is 8.01. The third kappa shape index (κ3) is 4.46. The summed E-state index contributed by atoms with van der Waals surface area (Å²) in [5, 5.41) is 3.41. The van der Waals surface area contributed by atoms with Crippen LogP contribution in [0.15, 0.2) is 18.2 Å². The quantitative estimate of drug-likeness (QED) is 0.817. The van der Waals surface area contributed by atoms with Crippen molar-refractivity contribution in [2.75, 3.05) is 18.1 Å². The van der Waals surface area contributed by atoms with E-state index in [0.29, 0.717) is 0 Å². The second-order valence-electron chi connectivity index (χ2n) is 4.71. The summed E-state index contributed by atoms with van der Waals surface area (Å²) < 4.78 is 23.5. The van der Waals surface area contributed by atoms with Gasteiger partial charge in [0.15, 0.2) is 9.84 Å². The molecule has 0 aromatic heterocycles. The van der Waals surface area contributed by atoms with Crippen molar-refractivity contribution in [2.45, 2.75) is 18.6 Å². The first-order chi connectivity index (χ1) is 7.94. The van der Waals surface area contributed by atoms with Gasteiger partial charge in [-0.15, -0.1) is 0 Å². The zero-order valence-electron chi connectivity index (χ0n) is 9.74. The van der Waals surface area contributed by atoms with Gasteiger partial charge in [0.05, 0.1) is 5.75 Å². The molecule has 1 N–H and O–H groups in total. The van der Waals surface area contributed by atoms with Gasteiger partial charge in [-0.2, -0.15) is 0 Å². The number of hydrogen-bond donors (Lipinski definition) is 1. The fraction of sp³-hybridized carbons (Fsp3) is 0.500. The van der Waals surface area contributed by atoms with Gasteiger partial charge in [-0.3, -0.25) is 0 Å². The lowest BCUT2D eigenvalue weighted by Gasteiger charge is -2.09. The molecule has 94 valence electrons. The number of nitrogens with one attached hydrogen (secondary N) is 1. The van der Waals surface area contributed by atoms with E-state index in [1.54, 1.807) is 0 Å². The van der Waals surface area contributed by atoms with Crippen LogP contribution in [-0.4, -0.2) is 21.2 Å². The van der Waals surface area contributed by atoms with Crippen molar-refractivity contribution >= 4 is 38.1 Å². The molecule has 0 unspecified atom stereocenters. The van der Waals surface area contributed by atoms with E-state index in [-0.39, 0.29) is 5.75 Å². The van der Waals surface area contributed by atoms with E-state index in [1.165, 1.54) is 19.1 Å². The maximum absolute atomic E-state index is 11.2. The fourth-order valence-electron chi connectivity index (χ4n) is 1.67. The Labute approximate surface area is 116 Å². The Bertz CT molecular complexity index is 509. The molecule has 1 aliphatic rings. The number of benzene rings is 1. The molecule has 0 atom stereocenters. The summed E-state index contributed by atoms with van der Waals surface area (Å²) in [6.45, 7) is 1.03. The molecule has 0 bridgehead atoms. The van der Waals surface area contributed by atoms with Gasteiger partial charge >= 0.3 is 0 Å². The van der Waals surface area contributed by atoms with Gasteiger partial charge in [0.25, 0.3) is 0 Å². The van der Waals surface area contributed by atoms with Gasteiger partial charge in [-0.05, 0) is 59.0 Å². The van der Waals surface area contributed by atoms with E-state index in [9.17, 15) is 8.42 Å². The predicted molar refractivity (Wildman–Crippen MR) is 78.9 cm³/mol. The van der Waals surface area contributed by atoms with Gasteiger partial charge in [0, 0.05) is 22.1 Å². The monoisotopic (exact) mass is 365 g/mol. The standard InChI is InChI=1S/C12H16INO2S/c1-17(15,16)8-10-4-5-12(11(13)6-10)14-7-9-2-3-9/h4-6,9,14H,2-3,7-8H2,1H3. The van der Waals surface area contributed by atoms with E-state index in [1.807, 2.05) is 18.2 Å². The molecule has 1 fully saturated rings. The first-order valence-electron chi connectivity index (χ1n) is 5.64. The SMILES string of the molecule is CS(=O)(=O)Cc1ccc(NCC2CC2)c(I)c1. The number of anilines is 1. The average molecular weight is 365 g/mol. The van der Waals surface area contributed by atoms with E-state index in [4.69, 9.17) is 0 Å². The van der Waals surface area contributed by atoms with Crippen molar-refractivity contribution in [3.05, 3.63) is 27.3 Å². The van der Waals surface area contributed by atoms with E-state index in [2.05, 4.69) is 27.9 Å². The summed E-state index contributed by atoms with van der Waals surface area (Å²) >= 11 is 2.25. The highest BCUT2D eigenvalue weighted by Gasteiger charge is 2.20. The van der Waals surface area contributed by atoms with Crippen molar-refractivity contribution in [3.63, 3.8) is 0 Å². The Hall–Kier alpha value is -0.300. The molecule has 1 aromatic rings. The largest absolute Gasteiger partial charge is 0.384 e. The summed E-state index contributed by atoms with van der Waals surface area (Å²) in [6.07, 6.45) is 3.92. The van der Waals surface area contributed by atoms with Crippen molar-refractivity contribution in [3.8, 4) is 0 Å². The number of rotatable bonds is 5. The zero-order chi connectivity index (χ0) is 12.5. The Kier molecular flexibility index (Phi) is 3.97. The van der Waals surface area contributed by atoms with E-state index >= 15 is 0 Å². The summed E-state index contributed by atoms with van der Waals surface area (Å²) in [4.78, 5) is 0. The number of sulfone groups is 1. The molecule has 0 amide bonds. The minimum absolute atomic E-state index is 0.117. The first-order valence-corrected chi connectivity index (χ1v) is 8.78. The van der Waals surface area contributed by atoms with Crippen LogP contribution in [0.2, 0.25) is 0 Å². The molecule has 0 aliphatic heterocycles. The number of hydrogen-bond acceptors (Lipinski definition) is 3. The minimum atomic E-state index is -2.95. The molecule has 0 saturated heterocycles. The molecular weight excluding hydrogens is 349 g/mol. The summed E-state index contributed by atoms with van der Waals surface area (Å²) in [7, 11) is -2.95. The second kappa shape index (κ2) is 5.14. The van der Waals surface area contributed by atoms with Crippen molar-refractivity contribution in [1.82, 2.24) is 0 Å². The Morgan fingerprint density at radius 3 is 2.65 bits per heavy atom. The summed E-state index contributed by atoms with van der Waals surface area (Å²) in [5.41, 5.74) is 1.96. The molecule has 17 heavy (non-hydrogen) atoms. The minimum Gasteiger partial charge on any atom is -0.384 e. The van der Waals surface area contributed by atoms with Gasteiger partial charge < -0.3 is 5.32 Å². The predicted octanol–water partition coefficient (Wildman–Crippen LogP) is 2.66. The van der Waals surface area contributed by atoms with Crippen molar-refractivity contribution < 1.29 is 8.42 Å². The van der Waals surface area contributed by atoms with E-state index in [0.717, 1.165) is 27.3 Å². The lowest BCUT2D eigenvalue weighted by Crippen LogP contribution is -2.06. The normalized spacial score (nSPS) is 15.9. The van der Waals surface area contributed by atoms with Gasteiger partial charge in [0.1, 0.15) is 0 Å². The Balaban J connectivity index is 2.04. The van der Waals surface area contributed by atoms with E-state index < -0.39 is 9.84 Å². The van der Waals surface area contributed by atoms with Gasteiger partial charge in [-0.1, -0.05) is 6.07 Å². The molecule has 5 heteroatoms. The van der Waals surface area contributed by atoms with Crippen molar-refractivity contribution in [1.29, 1.82) is 0 Å². The highest BCUT2D eigenvalue weighted by molar-refractivity contribution is 14.1. The third-order valence-corrected chi connectivity index (χ3v) is 4.49. The first kappa shape index (κ1) is 13.1. The maximum Gasteiger partial charge on any atom is 0.151 e. The maximum atomic E-state index is 11.2. The van der Waals surface area contributed by atoms with Gasteiger partial charge in [-0.25, -0.2) is 8.42 Å². The van der Waals surface area contributed by atoms with Crippen LogP contribution in [-0.2, 0) is 15.6 Å².